The molecule has 1 amide bonds. The smallest absolute Gasteiger partial charge is 0.343 e. The van der Waals surface area contributed by atoms with Gasteiger partial charge in [-0.1, -0.05) is 12.1 Å². The van der Waals surface area contributed by atoms with Crippen molar-refractivity contribution in [2.24, 2.45) is 11.7 Å². The highest BCUT2D eigenvalue weighted by molar-refractivity contribution is 5.99. The molecule has 184 valence electrons. The molecular formula is C26H30N4O5. The van der Waals surface area contributed by atoms with E-state index in [1.165, 1.54) is 4.90 Å². The Hall–Kier alpha value is -3.98. The van der Waals surface area contributed by atoms with Gasteiger partial charge in [0, 0.05) is 17.7 Å². The highest BCUT2D eigenvalue weighted by atomic mass is 16.5. The molecule has 1 aliphatic rings. The van der Waals surface area contributed by atoms with Crippen molar-refractivity contribution in [3.63, 3.8) is 0 Å². The number of hydrogen-bond donors (Lipinski definition) is 4. The zero-order valence-electron chi connectivity index (χ0n) is 19.6. The molecule has 1 heterocycles. The summed E-state index contributed by atoms with van der Waals surface area (Å²) in [6.07, 6.45) is 3.49. The zero-order valence-corrected chi connectivity index (χ0v) is 19.6. The van der Waals surface area contributed by atoms with E-state index in [9.17, 15) is 19.5 Å². The molecule has 2 aromatic carbocycles. The summed E-state index contributed by atoms with van der Waals surface area (Å²) in [5, 5.41) is 19.9. The summed E-state index contributed by atoms with van der Waals surface area (Å²) < 4.78 is 5.35. The number of aliphatic carboxylic acids is 1. The minimum absolute atomic E-state index is 0.0716. The van der Waals surface area contributed by atoms with Crippen LogP contribution in [0, 0.1) is 11.3 Å². The first-order valence-electron chi connectivity index (χ1n) is 11.4. The van der Waals surface area contributed by atoms with Gasteiger partial charge in [0.15, 0.2) is 0 Å². The molecule has 9 heteroatoms. The Bertz CT molecular complexity index is 1100. The fraction of sp³-hybridized carbons (Fsp3) is 0.308. The maximum Gasteiger partial charge on any atom is 0.343 e. The lowest BCUT2D eigenvalue weighted by molar-refractivity contribution is -0.143. The topological polar surface area (TPSA) is 146 Å². The number of nitrogen functional groups attached to an aromatic ring is 1. The van der Waals surface area contributed by atoms with Crippen LogP contribution in [0.15, 0.2) is 54.1 Å². The summed E-state index contributed by atoms with van der Waals surface area (Å²) >= 11 is 0. The molecule has 0 saturated carbocycles. The van der Waals surface area contributed by atoms with Crippen molar-refractivity contribution in [3.05, 3.63) is 70.8 Å². The minimum atomic E-state index is -1.04. The number of nitrogens with zero attached hydrogens (tertiary/aromatic N) is 1. The van der Waals surface area contributed by atoms with Gasteiger partial charge in [0.25, 0.3) is 0 Å². The van der Waals surface area contributed by atoms with Crippen molar-refractivity contribution in [2.45, 2.75) is 19.8 Å². The average Bonchev–Trinajstić information content (AvgIpc) is 2.84. The van der Waals surface area contributed by atoms with E-state index in [-0.39, 0.29) is 24.2 Å². The molecule has 35 heavy (non-hydrogen) atoms. The first kappa shape index (κ1) is 25.6. The van der Waals surface area contributed by atoms with E-state index in [1.54, 1.807) is 61.5 Å². The van der Waals surface area contributed by atoms with Crippen molar-refractivity contribution >= 4 is 29.8 Å². The molecule has 1 fully saturated rings. The number of carboxylic acids is 1. The van der Waals surface area contributed by atoms with Crippen molar-refractivity contribution < 1.29 is 24.2 Å². The third kappa shape index (κ3) is 7.51. The van der Waals surface area contributed by atoms with Gasteiger partial charge in [-0.05, 0) is 86.8 Å². The summed E-state index contributed by atoms with van der Waals surface area (Å²) in [6.45, 7) is 3.47. The Morgan fingerprint density at radius 3 is 2.26 bits per heavy atom. The first-order valence-corrected chi connectivity index (χ1v) is 11.4. The van der Waals surface area contributed by atoms with Crippen LogP contribution in [0.2, 0.25) is 0 Å². The molecule has 1 saturated heterocycles. The van der Waals surface area contributed by atoms with Crippen LogP contribution < -0.4 is 15.8 Å². The number of esters is 1. The predicted octanol–water partition coefficient (Wildman–Crippen LogP) is 2.51. The first-order chi connectivity index (χ1) is 16.7. The van der Waals surface area contributed by atoms with Gasteiger partial charge in [-0.25, -0.2) is 4.79 Å². The lowest BCUT2D eigenvalue weighted by Crippen LogP contribution is -2.42. The SMILES string of the molecule is C/C(=C\c1ccc(C(=O)Oc2ccc(C(=N)N)cc2)cc1)C(=O)N(CC(=O)O)CC1CCNCC1. The third-order valence-electron chi connectivity index (χ3n) is 5.79. The van der Waals surface area contributed by atoms with E-state index < -0.39 is 11.9 Å². The Morgan fingerprint density at radius 2 is 1.69 bits per heavy atom. The number of nitrogens with two attached hydrogens (primary N) is 1. The van der Waals surface area contributed by atoms with Crippen molar-refractivity contribution in [2.75, 3.05) is 26.2 Å². The number of piperidine rings is 1. The Morgan fingerprint density at radius 1 is 1.09 bits per heavy atom. The molecule has 1 aliphatic heterocycles. The van der Waals surface area contributed by atoms with Gasteiger partial charge in [0.2, 0.25) is 5.91 Å². The van der Waals surface area contributed by atoms with Crippen LogP contribution in [0.3, 0.4) is 0 Å². The number of carbonyl (C=O) groups excluding carboxylic acids is 2. The van der Waals surface area contributed by atoms with E-state index in [0.717, 1.165) is 25.9 Å². The van der Waals surface area contributed by atoms with E-state index >= 15 is 0 Å². The van der Waals surface area contributed by atoms with Gasteiger partial charge in [0.1, 0.15) is 18.1 Å². The fourth-order valence-electron chi connectivity index (χ4n) is 3.90. The standard InChI is InChI=1S/C26H30N4O5/c1-17(25(33)30(16-23(31)32)15-19-10-12-29-13-11-19)14-18-2-4-21(5-3-18)26(34)35-22-8-6-20(7-9-22)24(27)28/h2-9,14,19,29H,10-13,15-16H2,1H3,(H3,27,28)(H,31,32)/b17-14+. The largest absolute Gasteiger partial charge is 0.480 e. The number of hydrogen-bond acceptors (Lipinski definition) is 6. The molecule has 0 aliphatic carbocycles. The van der Waals surface area contributed by atoms with E-state index in [2.05, 4.69) is 5.32 Å². The molecule has 0 spiro atoms. The fourth-order valence-corrected chi connectivity index (χ4v) is 3.90. The number of rotatable bonds is 9. The second kappa shape index (κ2) is 11.9. The second-order valence-corrected chi connectivity index (χ2v) is 8.55. The van der Waals surface area contributed by atoms with E-state index in [1.807, 2.05) is 0 Å². The molecule has 2 aromatic rings. The van der Waals surface area contributed by atoms with Crippen LogP contribution in [0.4, 0.5) is 0 Å². The summed E-state index contributed by atoms with van der Waals surface area (Å²) in [5.74, 6) is -1.37. The summed E-state index contributed by atoms with van der Waals surface area (Å²) in [5.41, 5.74) is 7.41. The van der Waals surface area contributed by atoms with Gasteiger partial charge >= 0.3 is 11.9 Å². The predicted molar refractivity (Wildman–Crippen MR) is 132 cm³/mol. The molecule has 3 rings (SSSR count). The molecule has 5 N–H and O–H groups in total. The second-order valence-electron chi connectivity index (χ2n) is 8.55. The number of ether oxygens (including phenoxy) is 1. The highest BCUT2D eigenvalue weighted by Crippen LogP contribution is 2.18. The number of carbonyl (C=O) groups is 3. The zero-order chi connectivity index (χ0) is 25.4. The van der Waals surface area contributed by atoms with Crippen LogP contribution in [-0.4, -0.2) is 59.9 Å². The van der Waals surface area contributed by atoms with Crippen molar-refractivity contribution in [3.8, 4) is 5.75 Å². The number of nitrogens with one attached hydrogen (secondary N) is 2. The van der Waals surface area contributed by atoms with Crippen LogP contribution in [-0.2, 0) is 9.59 Å². The molecule has 0 aromatic heterocycles. The van der Waals surface area contributed by atoms with Crippen molar-refractivity contribution in [1.29, 1.82) is 5.41 Å². The van der Waals surface area contributed by atoms with E-state index in [4.69, 9.17) is 15.9 Å². The maximum absolute atomic E-state index is 13.0. The summed E-state index contributed by atoms with van der Waals surface area (Å²) in [4.78, 5) is 38.1. The number of carboxylic acid groups (broad SMARTS) is 1. The average molecular weight is 479 g/mol. The lowest BCUT2D eigenvalue weighted by Gasteiger charge is -2.29. The molecule has 0 unspecified atom stereocenters. The third-order valence-corrected chi connectivity index (χ3v) is 5.79. The van der Waals surface area contributed by atoms with Crippen LogP contribution in [0.25, 0.3) is 6.08 Å². The maximum atomic E-state index is 13.0. The van der Waals surface area contributed by atoms with Crippen molar-refractivity contribution in [1.82, 2.24) is 10.2 Å². The van der Waals surface area contributed by atoms with Crippen LogP contribution >= 0.6 is 0 Å². The van der Waals surface area contributed by atoms with Gasteiger partial charge < -0.3 is 25.8 Å². The Labute approximate surface area is 204 Å². The monoisotopic (exact) mass is 478 g/mol. The number of benzene rings is 2. The minimum Gasteiger partial charge on any atom is -0.480 e. The molecular weight excluding hydrogens is 448 g/mol. The summed E-state index contributed by atoms with van der Waals surface area (Å²) in [6, 6.07) is 12.9. The quantitative estimate of drug-likeness (QED) is 0.142. The van der Waals surface area contributed by atoms with Gasteiger partial charge in [-0.3, -0.25) is 15.0 Å². The molecule has 0 atom stereocenters. The Balaban J connectivity index is 1.65. The molecule has 0 bridgehead atoms. The van der Waals surface area contributed by atoms with Gasteiger partial charge in [-0.15, -0.1) is 0 Å². The van der Waals surface area contributed by atoms with Crippen LogP contribution in [0.1, 0.15) is 41.3 Å². The number of amidine groups is 1. The van der Waals surface area contributed by atoms with Gasteiger partial charge in [0.05, 0.1) is 5.56 Å². The molecule has 0 radical (unpaired) electrons. The summed E-state index contributed by atoms with van der Waals surface area (Å²) in [7, 11) is 0. The van der Waals surface area contributed by atoms with Crippen LogP contribution in [0.5, 0.6) is 5.75 Å². The van der Waals surface area contributed by atoms with Gasteiger partial charge in [-0.2, -0.15) is 0 Å². The van der Waals surface area contributed by atoms with E-state index in [0.29, 0.717) is 34.6 Å². The Kier molecular flexibility index (Phi) is 8.74. The molecule has 9 nitrogen and oxygen atoms in total. The number of amides is 1. The normalized spacial score (nSPS) is 14.3. The highest BCUT2D eigenvalue weighted by Gasteiger charge is 2.23. The lowest BCUT2D eigenvalue weighted by atomic mass is 9.97.